The third-order valence-electron chi connectivity index (χ3n) is 5.08. The second-order valence-electron chi connectivity index (χ2n) is 7.41. The maximum atomic E-state index is 12.6. The lowest BCUT2D eigenvalue weighted by Crippen LogP contribution is -2.47. The summed E-state index contributed by atoms with van der Waals surface area (Å²) < 4.78 is 5.46. The molecule has 1 saturated carbocycles. The topological polar surface area (TPSA) is 79.0 Å². The Hall–Kier alpha value is -2.57. The minimum Gasteiger partial charge on any atom is -0.482 e. The lowest BCUT2D eigenvalue weighted by Gasteiger charge is -2.30. The molecule has 27 heavy (non-hydrogen) atoms. The zero-order valence-electron chi connectivity index (χ0n) is 16.0. The van der Waals surface area contributed by atoms with Crippen molar-refractivity contribution >= 4 is 23.4 Å². The van der Waals surface area contributed by atoms with Crippen molar-refractivity contribution in [3.63, 3.8) is 0 Å². The SMILES string of the molecule is CN(C)C(=O)c1ccc2c(c1)N(CC(=O)NC1CCCCCC1)C(=O)CO2. The second kappa shape index (κ2) is 8.41. The normalized spacial score (nSPS) is 17.6. The van der Waals surface area contributed by atoms with Crippen molar-refractivity contribution in [1.82, 2.24) is 10.2 Å². The maximum Gasteiger partial charge on any atom is 0.265 e. The average Bonchev–Trinajstić information content (AvgIpc) is 2.91. The van der Waals surface area contributed by atoms with Crippen LogP contribution in [0.4, 0.5) is 5.69 Å². The number of anilines is 1. The van der Waals surface area contributed by atoms with Gasteiger partial charge in [0.1, 0.15) is 12.3 Å². The maximum absolute atomic E-state index is 12.6. The first-order valence-electron chi connectivity index (χ1n) is 9.54. The number of hydrogen-bond donors (Lipinski definition) is 1. The molecule has 7 nitrogen and oxygen atoms in total. The molecule has 0 spiro atoms. The van der Waals surface area contributed by atoms with E-state index in [1.54, 1.807) is 32.3 Å². The van der Waals surface area contributed by atoms with Crippen molar-refractivity contribution in [3.05, 3.63) is 23.8 Å². The van der Waals surface area contributed by atoms with Crippen LogP contribution in [0.25, 0.3) is 0 Å². The summed E-state index contributed by atoms with van der Waals surface area (Å²) in [5, 5.41) is 3.06. The summed E-state index contributed by atoms with van der Waals surface area (Å²) in [4.78, 5) is 40.1. The molecule has 0 unspecified atom stereocenters. The van der Waals surface area contributed by atoms with Crippen LogP contribution in [0.2, 0.25) is 0 Å². The smallest absolute Gasteiger partial charge is 0.265 e. The van der Waals surface area contributed by atoms with Gasteiger partial charge >= 0.3 is 0 Å². The molecule has 0 bridgehead atoms. The minimum atomic E-state index is -0.284. The van der Waals surface area contributed by atoms with Crippen LogP contribution in [0.5, 0.6) is 5.75 Å². The molecule has 2 aliphatic rings. The summed E-state index contributed by atoms with van der Waals surface area (Å²) in [7, 11) is 3.34. The highest BCUT2D eigenvalue weighted by molar-refractivity contribution is 6.04. The Morgan fingerprint density at radius 2 is 1.89 bits per heavy atom. The number of hydrogen-bond acceptors (Lipinski definition) is 4. The molecule has 1 aromatic rings. The van der Waals surface area contributed by atoms with Crippen LogP contribution in [0.3, 0.4) is 0 Å². The molecule has 1 aliphatic carbocycles. The van der Waals surface area contributed by atoms with E-state index in [4.69, 9.17) is 4.74 Å². The van der Waals surface area contributed by atoms with Crippen LogP contribution in [0.1, 0.15) is 48.9 Å². The highest BCUT2D eigenvalue weighted by Gasteiger charge is 2.29. The van der Waals surface area contributed by atoms with Crippen molar-refractivity contribution in [2.24, 2.45) is 0 Å². The zero-order valence-corrected chi connectivity index (χ0v) is 16.0. The van der Waals surface area contributed by atoms with Crippen LogP contribution in [-0.2, 0) is 9.59 Å². The van der Waals surface area contributed by atoms with Gasteiger partial charge in [0.25, 0.3) is 11.8 Å². The Bertz CT molecular complexity index is 724. The quantitative estimate of drug-likeness (QED) is 0.819. The Morgan fingerprint density at radius 3 is 2.56 bits per heavy atom. The standard InChI is InChI=1S/C20H27N3O4/c1-22(2)20(26)14-9-10-17-16(11-14)23(19(25)13-27-17)12-18(24)21-15-7-5-3-4-6-8-15/h9-11,15H,3-8,12-13H2,1-2H3,(H,21,24). The molecule has 0 saturated heterocycles. The number of benzene rings is 1. The van der Waals surface area contributed by atoms with E-state index in [0.717, 1.165) is 25.7 Å². The largest absolute Gasteiger partial charge is 0.482 e. The summed E-state index contributed by atoms with van der Waals surface area (Å²) >= 11 is 0. The monoisotopic (exact) mass is 373 g/mol. The molecule has 3 rings (SSSR count). The lowest BCUT2D eigenvalue weighted by atomic mass is 10.1. The van der Waals surface area contributed by atoms with Gasteiger partial charge in [0.05, 0.1) is 5.69 Å². The number of nitrogens with one attached hydrogen (secondary N) is 1. The zero-order chi connectivity index (χ0) is 19.4. The van der Waals surface area contributed by atoms with Crippen molar-refractivity contribution in [3.8, 4) is 5.75 Å². The Labute approximate surface area is 159 Å². The van der Waals surface area contributed by atoms with Crippen molar-refractivity contribution < 1.29 is 19.1 Å². The summed E-state index contributed by atoms with van der Waals surface area (Å²) in [5.41, 5.74) is 0.918. The third-order valence-corrected chi connectivity index (χ3v) is 5.08. The van der Waals surface area contributed by atoms with Crippen LogP contribution in [-0.4, -0.2) is 55.9 Å². The van der Waals surface area contributed by atoms with Gasteiger partial charge in [-0.15, -0.1) is 0 Å². The van der Waals surface area contributed by atoms with Gasteiger partial charge in [0.2, 0.25) is 5.91 Å². The van der Waals surface area contributed by atoms with Gasteiger partial charge in [-0.3, -0.25) is 19.3 Å². The number of fused-ring (bicyclic) bond motifs is 1. The van der Waals surface area contributed by atoms with E-state index in [1.165, 1.54) is 22.6 Å². The van der Waals surface area contributed by atoms with Crippen LogP contribution in [0.15, 0.2) is 18.2 Å². The number of amides is 3. The summed E-state index contributed by atoms with van der Waals surface area (Å²) in [6.45, 7) is -0.171. The first kappa shape index (κ1) is 19.2. The Kier molecular flexibility index (Phi) is 5.98. The molecular formula is C20H27N3O4. The predicted octanol–water partition coefficient (Wildman–Crippen LogP) is 1.95. The van der Waals surface area contributed by atoms with Gasteiger partial charge in [-0.1, -0.05) is 25.7 Å². The highest BCUT2D eigenvalue weighted by Crippen LogP contribution is 2.33. The molecular weight excluding hydrogens is 346 g/mol. The highest BCUT2D eigenvalue weighted by atomic mass is 16.5. The summed E-state index contributed by atoms with van der Waals surface area (Å²) in [6.07, 6.45) is 6.65. The van der Waals surface area contributed by atoms with E-state index in [0.29, 0.717) is 17.0 Å². The van der Waals surface area contributed by atoms with E-state index >= 15 is 0 Å². The summed E-state index contributed by atoms with van der Waals surface area (Å²) in [5.74, 6) is -0.119. The molecule has 1 aliphatic heterocycles. The molecule has 146 valence electrons. The van der Waals surface area contributed by atoms with E-state index in [-0.39, 0.29) is 36.9 Å². The molecule has 0 radical (unpaired) electrons. The van der Waals surface area contributed by atoms with Gasteiger partial charge in [0, 0.05) is 25.7 Å². The fraction of sp³-hybridized carbons (Fsp3) is 0.550. The number of carbonyl (C=O) groups excluding carboxylic acids is 3. The van der Waals surface area contributed by atoms with Gasteiger partial charge < -0.3 is 15.0 Å². The molecule has 1 heterocycles. The van der Waals surface area contributed by atoms with Crippen molar-refractivity contribution in [1.29, 1.82) is 0 Å². The third kappa shape index (κ3) is 4.59. The molecule has 1 fully saturated rings. The van der Waals surface area contributed by atoms with Crippen molar-refractivity contribution in [2.75, 3.05) is 32.1 Å². The number of ether oxygens (including phenoxy) is 1. The second-order valence-corrected chi connectivity index (χ2v) is 7.41. The van der Waals surface area contributed by atoms with Gasteiger partial charge in [-0.25, -0.2) is 0 Å². The first-order chi connectivity index (χ1) is 13.0. The van der Waals surface area contributed by atoms with E-state index in [2.05, 4.69) is 5.32 Å². The number of rotatable bonds is 4. The predicted molar refractivity (Wildman–Crippen MR) is 102 cm³/mol. The van der Waals surface area contributed by atoms with Crippen LogP contribution in [0, 0.1) is 0 Å². The molecule has 3 amide bonds. The fourth-order valence-electron chi connectivity index (χ4n) is 3.61. The van der Waals surface area contributed by atoms with E-state index < -0.39 is 0 Å². The first-order valence-corrected chi connectivity index (χ1v) is 9.54. The lowest BCUT2D eigenvalue weighted by molar-refractivity contribution is -0.125. The molecule has 1 N–H and O–H groups in total. The molecule has 0 atom stereocenters. The molecule has 7 heteroatoms. The molecule has 1 aromatic carbocycles. The van der Waals surface area contributed by atoms with Crippen LogP contribution < -0.4 is 15.0 Å². The summed E-state index contributed by atoms with van der Waals surface area (Å²) in [6, 6.07) is 5.14. The van der Waals surface area contributed by atoms with Crippen molar-refractivity contribution in [2.45, 2.75) is 44.6 Å². The van der Waals surface area contributed by atoms with Gasteiger partial charge in [-0.2, -0.15) is 0 Å². The number of carbonyl (C=O) groups is 3. The Morgan fingerprint density at radius 1 is 1.19 bits per heavy atom. The van der Waals surface area contributed by atoms with E-state index in [1.807, 2.05) is 0 Å². The van der Waals surface area contributed by atoms with Gasteiger partial charge in [0.15, 0.2) is 6.61 Å². The average molecular weight is 373 g/mol. The van der Waals surface area contributed by atoms with Crippen LogP contribution >= 0.6 is 0 Å². The van der Waals surface area contributed by atoms with Gasteiger partial charge in [-0.05, 0) is 31.0 Å². The van der Waals surface area contributed by atoms with E-state index in [9.17, 15) is 14.4 Å². The minimum absolute atomic E-state index is 0.0642. The Balaban J connectivity index is 1.75. The fourth-order valence-corrected chi connectivity index (χ4v) is 3.61. The number of nitrogens with zero attached hydrogens (tertiary/aromatic N) is 2. The molecule has 0 aromatic heterocycles.